The second kappa shape index (κ2) is 7.82. The van der Waals surface area contributed by atoms with Crippen LogP contribution < -0.4 is 10.2 Å². The molecule has 0 bridgehead atoms. The van der Waals surface area contributed by atoms with E-state index in [1.165, 1.54) is 0 Å². The highest BCUT2D eigenvalue weighted by Gasteiger charge is 2.27. The molecule has 4 rings (SSSR count). The van der Waals surface area contributed by atoms with E-state index in [1.54, 1.807) is 0 Å². The number of amides is 1. The van der Waals surface area contributed by atoms with Crippen molar-refractivity contribution in [3.8, 4) is 0 Å². The van der Waals surface area contributed by atoms with Crippen LogP contribution in [0.5, 0.6) is 0 Å². The first-order valence-corrected chi connectivity index (χ1v) is 9.72. The fourth-order valence-corrected chi connectivity index (χ4v) is 3.72. The number of nitrogens with one attached hydrogen (secondary N) is 1. The number of rotatable bonds is 3. The number of carbonyl (C=O) groups is 1. The Bertz CT molecular complexity index is 852. The number of hydrogen-bond donors (Lipinski definition) is 1. The summed E-state index contributed by atoms with van der Waals surface area (Å²) in [4.78, 5) is 24.1. The molecule has 1 amide bonds. The quantitative estimate of drug-likeness (QED) is 0.878. The van der Waals surface area contributed by atoms with Gasteiger partial charge in [0.15, 0.2) is 0 Å². The van der Waals surface area contributed by atoms with Crippen molar-refractivity contribution < 1.29 is 9.53 Å². The summed E-state index contributed by atoms with van der Waals surface area (Å²) in [5.74, 6) is 0.752. The Morgan fingerprint density at radius 1 is 1.33 bits per heavy atom. The van der Waals surface area contributed by atoms with Gasteiger partial charge in [0.2, 0.25) is 11.9 Å². The van der Waals surface area contributed by atoms with E-state index in [0.29, 0.717) is 24.7 Å². The van der Waals surface area contributed by atoms with Crippen LogP contribution in [0.2, 0.25) is 5.02 Å². The van der Waals surface area contributed by atoms with Crippen molar-refractivity contribution in [2.45, 2.75) is 26.2 Å². The second-order valence-electron chi connectivity index (χ2n) is 7.13. The molecule has 0 spiro atoms. The fraction of sp³-hybridized carbons (Fsp3) is 0.450. The molecular weight excluding hydrogens is 364 g/mol. The van der Waals surface area contributed by atoms with Crippen molar-refractivity contribution in [3.05, 3.63) is 46.2 Å². The molecule has 1 fully saturated rings. The molecule has 0 unspecified atom stereocenters. The first-order valence-electron chi connectivity index (χ1n) is 9.34. The Kier molecular flexibility index (Phi) is 5.27. The lowest BCUT2D eigenvalue weighted by Gasteiger charge is -2.28. The maximum Gasteiger partial charge on any atom is 0.227 e. The predicted molar refractivity (Wildman–Crippen MR) is 105 cm³/mol. The lowest BCUT2D eigenvalue weighted by Crippen LogP contribution is -2.38. The van der Waals surface area contributed by atoms with E-state index in [-0.39, 0.29) is 11.8 Å². The van der Waals surface area contributed by atoms with Gasteiger partial charge in [-0.25, -0.2) is 9.97 Å². The average molecular weight is 387 g/mol. The Morgan fingerprint density at radius 2 is 2.15 bits per heavy atom. The summed E-state index contributed by atoms with van der Waals surface area (Å²) >= 11 is 6.05. The number of aromatic nitrogens is 2. The van der Waals surface area contributed by atoms with Gasteiger partial charge in [-0.3, -0.25) is 4.79 Å². The lowest BCUT2D eigenvalue weighted by atomic mass is 9.86. The zero-order valence-electron chi connectivity index (χ0n) is 15.4. The van der Waals surface area contributed by atoms with Gasteiger partial charge in [-0.05, 0) is 55.5 Å². The summed E-state index contributed by atoms with van der Waals surface area (Å²) < 4.78 is 5.39. The topological polar surface area (TPSA) is 67.4 Å². The molecule has 1 aromatic carbocycles. The van der Waals surface area contributed by atoms with Crippen LogP contribution in [0.15, 0.2) is 24.4 Å². The molecule has 0 radical (unpaired) electrons. The maximum atomic E-state index is 12.7. The van der Waals surface area contributed by atoms with Crippen LogP contribution in [0.4, 0.5) is 11.6 Å². The number of fused-ring (bicyclic) bond motifs is 1. The van der Waals surface area contributed by atoms with Crippen LogP contribution in [-0.2, 0) is 22.4 Å². The van der Waals surface area contributed by atoms with E-state index in [0.717, 1.165) is 54.4 Å². The summed E-state index contributed by atoms with van der Waals surface area (Å²) in [6, 6.07) is 5.54. The predicted octanol–water partition coefficient (Wildman–Crippen LogP) is 3.02. The van der Waals surface area contributed by atoms with E-state index in [4.69, 9.17) is 21.3 Å². The minimum atomic E-state index is -0.0636. The van der Waals surface area contributed by atoms with Crippen molar-refractivity contribution in [1.82, 2.24) is 9.97 Å². The van der Waals surface area contributed by atoms with Crippen LogP contribution in [0.25, 0.3) is 0 Å². The maximum absolute atomic E-state index is 12.7. The standard InChI is InChI=1S/C20H23ClN4O2/c1-13-10-16(3-4-17(13)21)23-19(26)14-2-5-18-15(11-14)12-22-20(24-18)25-6-8-27-9-7-25/h3-4,10,12,14H,2,5-9,11H2,1H3,(H,23,26)/t14-/m1/s1. The number of morpholine rings is 1. The van der Waals surface area contributed by atoms with Crippen LogP contribution in [-0.4, -0.2) is 42.2 Å². The van der Waals surface area contributed by atoms with Gasteiger partial charge in [0, 0.05) is 41.6 Å². The lowest BCUT2D eigenvalue weighted by molar-refractivity contribution is -0.120. The van der Waals surface area contributed by atoms with E-state index < -0.39 is 0 Å². The molecule has 142 valence electrons. The smallest absolute Gasteiger partial charge is 0.227 e. The van der Waals surface area contributed by atoms with Gasteiger partial charge in [-0.15, -0.1) is 0 Å². The molecule has 27 heavy (non-hydrogen) atoms. The molecule has 1 N–H and O–H groups in total. The highest BCUT2D eigenvalue weighted by atomic mass is 35.5. The molecule has 1 atom stereocenters. The van der Waals surface area contributed by atoms with Gasteiger partial charge in [-0.2, -0.15) is 0 Å². The molecule has 1 saturated heterocycles. The molecule has 6 nitrogen and oxygen atoms in total. The minimum Gasteiger partial charge on any atom is -0.378 e. The summed E-state index contributed by atoms with van der Waals surface area (Å²) in [6.07, 6.45) is 4.16. The van der Waals surface area contributed by atoms with Crippen molar-refractivity contribution in [3.63, 3.8) is 0 Å². The van der Waals surface area contributed by atoms with Gasteiger partial charge in [-0.1, -0.05) is 11.6 Å². The monoisotopic (exact) mass is 386 g/mol. The third kappa shape index (κ3) is 4.06. The van der Waals surface area contributed by atoms with E-state index >= 15 is 0 Å². The van der Waals surface area contributed by atoms with Crippen LogP contribution in [0.3, 0.4) is 0 Å². The molecule has 1 aliphatic carbocycles. The highest BCUT2D eigenvalue weighted by Crippen LogP contribution is 2.27. The first kappa shape index (κ1) is 18.2. The normalized spacial score (nSPS) is 19.5. The number of nitrogens with zero attached hydrogens (tertiary/aromatic N) is 3. The highest BCUT2D eigenvalue weighted by molar-refractivity contribution is 6.31. The Balaban J connectivity index is 1.43. The third-order valence-electron chi connectivity index (χ3n) is 5.23. The van der Waals surface area contributed by atoms with E-state index in [1.807, 2.05) is 31.3 Å². The Labute approximate surface area is 163 Å². The van der Waals surface area contributed by atoms with E-state index in [9.17, 15) is 4.79 Å². The molecular formula is C20H23ClN4O2. The molecule has 2 aliphatic rings. The zero-order valence-corrected chi connectivity index (χ0v) is 16.1. The minimum absolute atomic E-state index is 0.0413. The van der Waals surface area contributed by atoms with Gasteiger partial charge in [0.1, 0.15) is 0 Å². The van der Waals surface area contributed by atoms with Crippen molar-refractivity contribution in [2.75, 3.05) is 36.5 Å². The largest absolute Gasteiger partial charge is 0.378 e. The molecule has 7 heteroatoms. The second-order valence-corrected chi connectivity index (χ2v) is 7.54. The summed E-state index contributed by atoms with van der Waals surface area (Å²) in [5, 5.41) is 3.71. The number of aryl methyl sites for hydroxylation is 2. The Hall–Kier alpha value is -2.18. The number of halogens is 1. The van der Waals surface area contributed by atoms with Crippen molar-refractivity contribution >= 4 is 29.1 Å². The van der Waals surface area contributed by atoms with E-state index in [2.05, 4.69) is 15.2 Å². The number of hydrogen-bond acceptors (Lipinski definition) is 5. The Morgan fingerprint density at radius 3 is 2.93 bits per heavy atom. The molecule has 1 aliphatic heterocycles. The number of carbonyl (C=O) groups excluding carboxylic acids is 1. The zero-order chi connectivity index (χ0) is 18.8. The van der Waals surface area contributed by atoms with Gasteiger partial charge in [0.25, 0.3) is 0 Å². The summed E-state index contributed by atoms with van der Waals surface area (Å²) in [6.45, 7) is 5.01. The summed E-state index contributed by atoms with van der Waals surface area (Å²) in [7, 11) is 0. The molecule has 2 heterocycles. The van der Waals surface area contributed by atoms with Gasteiger partial charge in [0.05, 0.1) is 13.2 Å². The van der Waals surface area contributed by atoms with Gasteiger partial charge >= 0.3 is 0 Å². The first-order chi connectivity index (χ1) is 13.1. The van der Waals surface area contributed by atoms with Crippen molar-refractivity contribution in [1.29, 1.82) is 0 Å². The van der Waals surface area contributed by atoms with Crippen LogP contribution >= 0.6 is 11.6 Å². The molecule has 0 saturated carbocycles. The third-order valence-corrected chi connectivity index (χ3v) is 5.65. The number of benzene rings is 1. The summed E-state index contributed by atoms with van der Waals surface area (Å²) in [5.41, 5.74) is 3.88. The number of ether oxygens (including phenoxy) is 1. The average Bonchev–Trinajstić information content (AvgIpc) is 2.70. The number of anilines is 2. The molecule has 1 aromatic heterocycles. The SMILES string of the molecule is Cc1cc(NC(=O)[C@@H]2CCc3nc(N4CCOCC4)ncc3C2)ccc1Cl. The van der Waals surface area contributed by atoms with Crippen molar-refractivity contribution in [2.24, 2.45) is 5.92 Å². The van der Waals surface area contributed by atoms with Crippen LogP contribution in [0, 0.1) is 12.8 Å². The van der Waals surface area contributed by atoms with Crippen LogP contribution in [0.1, 0.15) is 23.2 Å². The fourth-order valence-electron chi connectivity index (χ4n) is 3.60. The molecule has 2 aromatic rings. The van der Waals surface area contributed by atoms with Gasteiger partial charge < -0.3 is 15.0 Å².